The summed E-state index contributed by atoms with van der Waals surface area (Å²) in [6, 6.07) is 3.41. The zero-order valence-electron chi connectivity index (χ0n) is 9.69. The van der Waals surface area contributed by atoms with Crippen molar-refractivity contribution in [3.8, 4) is 0 Å². The number of nitro benzene ring substituents is 1. The number of nitrogens with one attached hydrogen (secondary N) is 1. The highest BCUT2D eigenvalue weighted by atomic mass is 19.1. The smallest absolute Gasteiger partial charge is 0.272 e. The molecule has 98 valence electrons. The number of amides is 1. The van der Waals surface area contributed by atoms with Crippen LogP contribution < -0.4 is 11.1 Å². The molecule has 1 aromatic carbocycles. The summed E-state index contributed by atoms with van der Waals surface area (Å²) < 4.78 is 13.1. The zero-order chi connectivity index (χ0) is 13.5. The summed E-state index contributed by atoms with van der Waals surface area (Å²) in [5, 5.41) is 13.5. The van der Waals surface area contributed by atoms with Crippen molar-refractivity contribution in [2.24, 2.45) is 5.73 Å². The minimum absolute atomic E-state index is 0.274. The topological polar surface area (TPSA) is 98.3 Å². The SMILES string of the molecule is NC(=O)CCCNCc1cc(F)cc([N+](=O)[O-])c1. The first kappa shape index (κ1) is 14.0. The largest absolute Gasteiger partial charge is 0.370 e. The Labute approximate surface area is 103 Å². The van der Waals surface area contributed by atoms with Crippen LogP contribution in [0.25, 0.3) is 0 Å². The lowest BCUT2D eigenvalue weighted by Gasteiger charge is -2.04. The molecule has 18 heavy (non-hydrogen) atoms. The van der Waals surface area contributed by atoms with Gasteiger partial charge in [-0.05, 0) is 24.6 Å². The van der Waals surface area contributed by atoms with E-state index in [1.54, 1.807) is 0 Å². The molecule has 0 radical (unpaired) electrons. The number of benzene rings is 1. The minimum Gasteiger partial charge on any atom is -0.370 e. The van der Waals surface area contributed by atoms with E-state index in [1.807, 2.05) is 0 Å². The van der Waals surface area contributed by atoms with Crippen molar-refractivity contribution in [1.82, 2.24) is 5.32 Å². The minimum atomic E-state index is -0.641. The molecule has 0 heterocycles. The number of carbonyl (C=O) groups is 1. The van der Waals surface area contributed by atoms with Gasteiger partial charge in [0, 0.05) is 19.0 Å². The maximum absolute atomic E-state index is 13.1. The van der Waals surface area contributed by atoms with Crippen LogP contribution in [0.4, 0.5) is 10.1 Å². The lowest BCUT2D eigenvalue weighted by Crippen LogP contribution is -2.18. The van der Waals surface area contributed by atoms with Crippen LogP contribution in [-0.2, 0) is 11.3 Å². The van der Waals surface area contributed by atoms with Crippen molar-refractivity contribution < 1.29 is 14.1 Å². The monoisotopic (exact) mass is 255 g/mol. The molecule has 1 amide bonds. The number of non-ortho nitro benzene ring substituents is 1. The molecule has 7 heteroatoms. The summed E-state index contributed by atoms with van der Waals surface area (Å²) in [6.45, 7) is 0.838. The molecule has 0 aliphatic heterocycles. The van der Waals surface area contributed by atoms with E-state index in [1.165, 1.54) is 12.1 Å². The van der Waals surface area contributed by atoms with Gasteiger partial charge in [0.25, 0.3) is 5.69 Å². The van der Waals surface area contributed by atoms with Crippen molar-refractivity contribution in [2.75, 3.05) is 6.54 Å². The molecule has 0 bridgehead atoms. The van der Waals surface area contributed by atoms with E-state index in [9.17, 15) is 19.3 Å². The van der Waals surface area contributed by atoms with Crippen molar-refractivity contribution >= 4 is 11.6 Å². The second-order valence-electron chi connectivity index (χ2n) is 3.82. The van der Waals surface area contributed by atoms with Crippen molar-refractivity contribution in [1.29, 1.82) is 0 Å². The van der Waals surface area contributed by atoms with Gasteiger partial charge in [0.15, 0.2) is 0 Å². The van der Waals surface area contributed by atoms with Gasteiger partial charge in [0.2, 0.25) is 5.91 Å². The maximum atomic E-state index is 13.1. The summed E-state index contributed by atoms with van der Waals surface area (Å²) in [4.78, 5) is 20.4. The van der Waals surface area contributed by atoms with Gasteiger partial charge in [-0.3, -0.25) is 14.9 Å². The van der Waals surface area contributed by atoms with Crippen molar-refractivity contribution in [3.05, 3.63) is 39.7 Å². The Morgan fingerprint density at radius 2 is 2.17 bits per heavy atom. The summed E-state index contributed by atoms with van der Waals surface area (Å²) in [5.41, 5.74) is 5.18. The van der Waals surface area contributed by atoms with E-state index in [-0.39, 0.29) is 18.0 Å². The molecule has 0 atom stereocenters. The first-order valence-corrected chi connectivity index (χ1v) is 5.42. The molecular formula is C11H14FN3O3. The molecule has 0 saturated carbocycles. The van der Waals surface area contributed by atoms with E-state index in [4.69, 9.17) is 5.73 Å². The molecule has 3 N–H and O–H groups in total. The second-order valence-corrected chi connectivity index (χ2v) is 3.82. The van der Waals surface area contributed by atoms with Gasteiger partial charge in [-0.15, -0.1) is 0 Å². The fraction of sp³-hybridized carbons (Fsp3) is 0.364. The van der Waals surface area contributed by atoms with Crippen LogP contribution in [0.5, 0.6) is 0 Å². The van der Waals surface area contributed by atoms with Gasteiger partial charge in [0.1, 0.15) is 5.82 Å². The third-order valence-corrected chi connectivity index (χ3v) is 2.26. The third kappa shape index (κ3) is 4.88. The number of halogens is 1. The van der Waals surface area contributed by atoms with Crippen LogP contribution in [0.1, 0.15) is 18.4 Å². The van der Waals surface area contributed by atoms with E-state index >= 15 is 0 Å². The summed E-state index contributed by atoms with van der Waals surface area (Å²) in [5.74, 6) is -1.02. The Morgan fingerprint density at radius 1 is 1.44 bits per heavy atom. The highest BCUT2D eigenvalue weighted by molar-refractivity contribution is 5.73. The molecule has 6 nitrogen and oxygen atoms in total. The first-order chi connectivity index (χ1) is 8.49. The molecule has 0 unspecified atom stereocenters. The molecule has 0 saturated heterocycles. The molecular weight excluding hydrogens is 241 g/mol. The van der Waals surface area contributed by atoms with Crippen LogP contribution in [-0.4, -0.2) is 17.4 Å². The van der Waals surface area contributed by atoms with Gasteiger partial charge in [-0.1, -0.05) is 0 Å². The Bertz CT molecular complexity index is 451. The summed E-state index contributed by atoms with van der Waals surface area (Å²) >= 11 is 0. The number of nitro groups is 1. The Balaban J connectivity index is 2.47. The number of carbonyl (C=O) groups excluding carboxylic acids is 1. The highest BCUT2D eigenvalue weighted by Gasteiger charge is 2.09. The summed E-state index contributed by atoms with van der Waals surface area (Å²) in [7, 11) is 0. The van der Waals surface area contributed by atoms with Crippen LogP contribution in [0.15, 0.2) is 18.2 Å². The lowest BCUT2D eigenvalue weighted by atomic mass is 10.2. The standard InChI is InChI=1S/C11H14FN3O3/c12-9-4-8(5-10(6-9)15(17)18)7-14-3-1-2-11(13)16/h4-6,14H,1-3,7H2,(H2,13,16). The van der Waals surface area contributed by atoms with Crippen LogP contribution >= 0.6 is 0 Å². The number of nitrogens with two attached hydrogens (primary N) is 1. The van der Waals surface area contributed by atoms with Crippen molar-refractivity contribution in [2.45, 2.75) is 19.4 Å². The van der Waals surface area contributed by atoms with Gasteiger partial charge in [-0.2, -0.15) is 0 Å². The number of primary amides is 1. The quantitative estimate of drug-likeness (QED) is 0.433. The number of hydrogen-bond acceptors (Lipinski definition) is 4. The Morgan fingerprint density at radius 3 is 2.78 bits per heavy atom. The fourth-order valence-electron chi connectivity index (χ4n) is 1.46. The molecule has 0 aromatic heterocycles. The van der Waals surface area contributed by atoms with Crippen molar-refractivity contribution in [3.63, 3.8) is 0 Å². The molecule has 0 aliphatic rings. The molecule has 0 spiro atoms. The van der Waals surface area contributed by atoms with Crippen LogP contribution in [0.3, 0.4) is 0 Å². The van der Waals surface area contributed by atoms with E-state index < -0.39 is 10.7 Å². The van der Waals surface area contributed by atoms with Gasteiger partial charge in [0.05, 0.1) is 11.0 Å². The van der Waals surface area contributed by atoms with Gasteiger partial charge in [-0.25, -0.2) is 4.39 Å². The van der Waals surface area contributed by atoms with Gasteiger partial charge >= 0.3 is 0 Å². The Hall–Kier alpha value is -2.02. The fourth-order valence-corrected chi connectivity index (χ4v) is 1.46. The number of hydrogen-bond donors (Lipinski definition) is 2. The molecule has 1 aromatic rings. The predicted molar refractivity (Wildman–Crippen MR) is 63.2 cm³/mol. The Kier molecular flexibility index (Phi) is 5.19. The maximum Gasteiger partial charge on any atom is 0.272 e. The van der Waals surface area contributed by atoms with Gasteiger partial charge < -0.3 is 11.1 Å². The second kappa shape index (κ2) is 6.65. The predicted octanol–water partition coefficient (Wildman–Crippen LogP) is 1.09. The first-order valence-electron chi connectivity index (χ1n) is 5.42. The lowest BCUT2D eigenvalue weighted by molar-refractivity contribution is -0.385. The average molecular weight is 255 g/mol. The molecule has 1 rings (SSSR count). The number of rotatable bonds is 7. The van der Waals surface area contributed by atoms with E-state index in [0.717, 1.165) is 6.07 Å². The zero-order valence-corrected chi connectivity index (χ0v) is 9.69. The highest BCUT2D eigenvalue weighted by Crippen LogP contribution is 2.16. The summed E-state index contributed by atoms with van der Waals surface area (Å²) in [6.07, 6.45) is 0.850. The number of nitrogens with zero attached hydrogens (tertiary/aromatic N) is 1. The van der Waals surface area contributed by atoms with Crippen LogP contribution in [0.2, 0.25) is 0 Å². The average Bonchev–Trinajstić information content (AvgIpc) is 2.27. The van der Waals surface area contributed by atoms with Crippen LogP contribution in [0, 0.1) is 15.9 Å². The third-order valence-electron chi connectivity index (χ3n) is 2.26. The molecule has 0 fully saturated rings. The normalized spacial score (nSPS) is 10.3. The van der Waals surface area contributed by atoms with E-state index in [2.05, 4.69) is 5.32 Å². The molecule has 0 aliphatic carbocycles. The van der Waals surface area contributed by atoms with E-state index in [0.29, 0.717) is 25.1 Å².